The van der Waals surface area contributed by atoms with Crippen molar-refractivity contribution in [1.82, 2.24) is 10.4 Å². The molecule has 5 nitrogen and oxygen atoms in total. The second-order valence-electron chi connectivity index (χ2n) is 4.37. The summed E-state index contributed by atoms with van der Waals surface area (Å²) in [4.78, 5) is 16.1. The van der Waals surface area contributed by atoms with E-state index in [0.717, 1.165) is 16.7 Å². The van der Waals surface area contributed by atoms with Crippen molar-refractivity contribution in [1.29, 1.82) is 0 Å². The van der Waals surface area contributed by atoms with Crippen LogP contribution in [0.5, 0.6) is 0 Å². The summed E-state index contributed by atoms with van der Waals surface area (Å²) < 4.78 is 5.64. The molecule has 0 atom stereocenters. The van der Waals surface area contributed by atoms with E-state index in [2.05, 4.69) is 10.4 Å². The van der Waals surface area contributed by atoms with E-state index in [9.17, 15) is 4.79 Å². The van der Waals surface area contributed by atoms with Gasteiger partial charge in [-0.25, -0.2) is 10.8 Å². The Balaban J connectivity index is 1.80. The summed E-state index contributed by atoms with van der Waals surface area (Å²) in [7, 11) is 0. The first-order valence-corrected chi connectivity index (χ1v) is 7.33. The first-order valence-electron chi connectivity index (χ1n) is 6.35. The third-order valence-electron chi connectivity index (χ3n) is 3.02. The van der Waals surface area contributed by atoms with Gasteiger partial charge in [0.15, 0.2) is 5.58 Å². The lowest BCUT2D eigenvalue weighted by molar-refractivity contribution is 0.0953. The summed E-state index contributed by atoms with van der Waals surface area (Å²) in [6.45, 7) is 0. The Kier molecular flexibility index (Phi) is 3.89. The van der Waals surface area contributed by atoms with Crippen LogP contribution >= 0.6 is 11.8 Å². The Morgan fingerprint density at radius 2 is 1.95 bits per heavy atom. The number of hydrogen-bond acceptors (Lipinski definition) is 5. The molecule has 1 aromatic heterocycles. The van der Waals surface area contributed by atoms with Crippen LogP contribution in [0.25, 0.3) is 11.1 Å². The van der Waals surface area contributed by atoms with E-state index in [1.165, 1.54) is 11.8 Å². The van der Waals surface area contributed by atoms with Gasteiger partial charge >= 0.3 is 0 Å². The molecule has 3 aromatic rings. The number of hydrogen-bond donors (Lipinski definition) is 2. The number of nitrogen functional groups attached to an aromatic ring is 1. The quantitative estimate of drug-likeness (QED) is 0.335. The van der Waals surface area contributed by atoms with Crippen molar-refractivity contribution in [2.75, 3.05) is 0 Å². The second-order valence-corrected chi connectivity index (χ2v) is 5.29. The molecular formula is C15H13N3O2S. The van der Waals surface area contributed by atoms with Crippen molar-refractivity contribution in [3.63, 3.8) is 0 Å². The van der Waals surface area contributed by atoms with Crippen molar-refractivity contribution in [2.24, 2.45) is 5.84 Å². The number of hydrazine groups is 1. The maximum absolute atomic E-state index is 11.7. The van der Waals surface area contributed by atoms with Crippen molar-refractivity contribution in [2.45, 2.75) is 11.0 Å². The first-order chi connectivity index (χ1) is 10.3. The molecular weight excluding hydrogens is 286 g/mol. The highest BCUT2D eigenvalue weighted by Crippen LogP contribution is 2.27. The summed E-state index contributed by atoms with van der Waals surface area (Å²) in [5.74, 6) is 5.47. The molecule has 0 bridgehead atoms. The van der Waals surface area contributed by atoms with Gasteiger partial charge < -0.3 is 4.42 Å². The fourth-order valence-electron chi connectivity index (χ4n) is 2.00. The molecule has 3 N–H and O–H groups in total. The Morgan fingerprint density at radius 1 is 1.19 bits per heavy atom. The largest absolute Gasteiger partial charge is 0.431 e. The molecule has 0 fully saturated rings. The Labute approximate surface area is 125 Å². The molecule has 1 heterocycles. The molecule has 2 aromatic carbocycles. The van der Waals surface area contributed by atoms with Crippen molar-refractivity contribution < 1.29 is 9.21 Å². The number of nitrogens with one attached hydrogen (secondary N) is 1. The van der Waals surface area contributed by atoms with Crippen LogP contribution in [0.3, 0.4) is 0 Å². The summed E-state index contributed by atoms with van der Waals surface area (Å²) in [5.41, 5.74) is 5.18. The second kappa shape index (κ2) is 5.99. The number of rotatable bonds is 4. The van der Waals surface area contributed by atoms with Crippen molar-refractivity contribution >= 4 is 28.8 Å². The SMILES string of the molecule is NNC(=O)c1ccccc1CSc1nc2ccccc2o1. The topological polar surface area (TPSA) is 81.1 Å². The van der Waals surface area contributed by atoms with Crippen molar-refractivity contribution in [3.05, 3.63) is 59.7 Å². The van der Waals surface area contributed by atoms with Crippen LogP contribution in [-0.2, 0) is 5.75 Å². The molecule has 3 rings (SSSR count). The van der Waals surface area contributed by atoms with Gasteiger partial charge in [-0.1, -0.05) is 42.1 Å². The van der Waals surface area contributed by atoms with Gasteiger partial charge in [-0.2, -0.15) is 0 Å². The van der Waals surface area contributed by atoms with Gasteiger partial charge in [0.1, 0.15) is 5.52 Å². The number of carbonyl (C=O) groups is 1. The van der Waals surface area contributed by atoms with Gasteiger partial charge in [0.05, 0.1) is 0 Å². The van der Waals surface area contributed by atoms with E-state index < -0.39 is 0 Å². The minimum absolute atomic E-state index is 0.302. The molecule has 6 heteroatoms. The van der Waals surface area contributed by atoms with Gasteiger partial charge in [-0.15, -0.1) is 0 Å². The predicted octanol–water partition coefficient (Wildman–Crippen LogP) is 2.72. The standard InChI is InChI=1S/C15H13N3O2S/c16-18-14(19)11-6-2-1-5-10(11)9-21-15-17-12-7-3-4-8-13(12)20-15/h1-8H,9,16H2,(H,18,19). The number of carbonyl (C=O) groups excluding carboxylic acids is 1. The molecule has 0 unspecified atom stereocenters. The lowest BCUT2D eigenvalue weighted by Gasteiger charge is -2.06. The van der Waals surface area contributed by atoms with Crippen LogP contribution in [0, 0.1) is 0 Å². The van der Waals surface area contributed by atoms with E-state index in [1.54, 1.807) is 12.1 Å². The number of aromatic nitrogens is 1. The summed E-state index contributed by atoms with van der Waals surface area (Å²) in [6.07, 6.45) is 0. The van der Waals surface area contributed by atoms with E-state index in [1.807, 2.05) is 36.4 Å². The summed E-state index contributed by atoms with van der Waals surface area (Å²) in [5, 5.41) is 0.583. The lowest BCUT2D eigenvalue weighted by atomic mass is 10.1. The van der Waals surface area contributed by atoms with Gasteiger partial charge in [-0.05, 0) is 23.8 Å². The zero-order chi connectivity index (χ0) is 14.7. The summed E-state index contributed by atoms with van der Waals surface area (Å²) >= 11 is 1.44. The lowest BCUT2D eigenvalue weighted by Crippen LogP contribution is -2.30. The van der Waals surface area contributed by atoms with Crippen LogP contribution in [0.4, 0.5) is 0 Å². The van der Waals surface area contributed by atoms with Crippen LogP contribution < -0.4 is 11.3 Å². The molecule has 0 radical (unpaired) electrons. The van der Waals surface area contributed by atoms with E-state index >= 15 is 0 Å². The zero-order valence-corrected chi connectivity index (χ0v) is 11.9. The van der Waals surface area contributed by atoms with E-state index in [4.69, 9.17) is 10.3 Å². The van der Waals surface area contributed by atoms with Crippen LogP contribution in [0.15, 0.2) is 58.2 Å². The van der Waals surface area contributed by atoms with Gasteiger partial charge in [0, 0.05) is 11.3 Å². The normalized spacial score (nSPS) is 10.7. The molecule has 0 aliphatic heterocycles. The maximum atomic E-state index is 11.7. The van der Waals surface area contributed by atoms with Gasteiger partial charge in [-0.3, -0.25) is 10.2 Å². The average Bonchev–Trinajstić information content (AvgIpc) is 2.95. The average molecular weight is 299 g/mol. The summed E-state index contributed by atoms with van der Waals surface area (Å²) in [6, 6.07) is 14.9. The maximum Gasteiger partial charge on any atom is 0.265 e. The van der Waals surface area contributed by atoms with Crippen molar-refractivity contribution in [3.8, 4) is 0 Å². The molecule has 0 aliphatic carbocycles. The fourth-order valence-corrected chi connectivity index (χ4v) is 2.84. The molecule has 106 valence electrons. The number of fused-ring (bicyclic) bond motifs is 1. The number of thioether (sulfide) groups is 1. The minimum atomic E-state index is -0.302. The highest BCUT2D eigenvalue weighted by Gasteiger charge is 2.11. The molecule has 1 amide bonds. The van der Waals surface area contributed by atoms with Crippen LogP contribution in [0.2, 0.25) is 0 Å². The zero-order valence-electron chi connectivity index (χ0n) is 11.1. The third kappa shape index (κ3) is 2.91. The molecule has 0 aliphatic rings. The smallest absolute Gasteiger partial charge is 0.265 e. The minimum Gasteiger partial charge on any atom is -0.431 e. The Hall–Kier alpha value is -2.31. The Bertz CT molecular complexity index is 752. The molecule has 0 saturated heterocycles. The van der Waals surface area contributed by atoms with Gasteiger partial charge in [0.2, 0.25) is 0 Å². The molecule has 21 heavy (non-hydrogen) atoms. The van der Waals surface area contributed by atoms with Crippen LogP contribution in [0.1, 0.15) is 15.9 Å². The number of amides is 1. The number of nitrogens with zero attached hydrogens (tertiary/aromatic N) is 1. The highest BCUT2D eigenvalue weighted by atomic mass is 32.2. The fraction of sp³-hybridized carbons (Fsp3) is 0.0667. The number of oxazole rings is 1. The third-order valence-corrected chi connectivity index (χ3v) is 3.90. The number of benzene rings is 2. The first kappa shape index (κ1) is 13.7. The Morgan fingerprint density at radius 3 is 2.76 bits per heavy atom. The molecule has 0 spiro atoms. The predicted molar refractivity (Wildman–Crippen MR) is 81.7 cm³/mol. The highest BCUT2D eigenvalue weighted by molar-refractivity contribution is 7.98. The number of nitrogens with two attached hydrogens (primary N) is 1. The number of para-hydroxylation sites is 2. The monoisotopic (exact) mass is 299 g/mol. The van der Waals surface area contributed by atoms with Crippen LogP contribution in [-0.4, -0.2) is 10.9 Å². The molecule has 0 saturated carbocycles. The van der Waals surface area contributed by atoms with Gasteiger partial charge in [0.25, 0.3) is 11.1 Å². The van der Waals surface area contributed by atoms with E-state index in [-0.39, 0.29) is 5.91 Å². The van der Waals surface area contributed by atoms with E-state index in [0.29, 0.717) is 16.5 Å².